The number of alkyl halides is 3. The second-order valence-corrected chi connectivity index (χ2v) is 4.65. The molecule has 1 heterocycles. The molecule has 1 rings (SSSR count). The largest absolute Gasteiger partial charge is 0.481 e. The van der Waals surface area contributed by atoms with Gasteiger partial charge in [0.05, 0.1) is 12.8 Å². The van der Waals surface area contributed by atoms with Crippen molar-refractivity contribution in [3.63, 3.8) is 0 Å². The van der Waals surface area contributed by atoms with Crippen LogP contribution in [0.1, 0.15) is 36.3 Å². The van der Waals surface area contributed by atoms with Gasteiger partial charge in [-0.2, -0.15) is 18.2 Å². The highest BCUT2D eigenvalue weighted by atomic mass is 19.4. The van der Waals surface area contributed by atoms with Gasteiger partial charge in [0, 0.05) is 23.0 Å². The highest BCUT2D eigenvalue weighted by Gasteiger charge is 2.32. The van der Waals surface area contributed by atoms with Crippen LogP contribution in [-0.2, 0) is 11.2 Å². The molecular weight excluding hydrogens is 277 g/mol. The SMILES string of the molecule is Cc1nc(=O)n(C(C)CC(F)(F)F)c(C)c1CC(=O)O. The van der Waals surface area contributed by atoms with Crippen LogP contribution in [0.3, 0.4) is 0 Å². The molecule has 0 saturated heterocycles. The average molecular weight is 292 g/mol. The van der Waals surface area contributed by atoms with Crippen LogP contribution in [0.25, 0.3) is 0 Å². The van der Waals surface area contributed by atoms with Crippen molar-refractivity contribution in [2.24, 2.45) is 0 Å². The normalized spacial score (nSPS) is 13.3. The number of rotatable bonds is 4. The van der Waals surface area contributed by atoms with E-state index < -0.39 is 30.3 Å². The fourth-order valence-electron chi connectivity index (χ4n) is 2.17. The minimum atomic E-state index is -4.41. The van der Waals surface area contributed by atoms with Crippen LogP contribution >= 0.6 is 0 Å². The molecule has 0 spiro atoms. The van der Waals surface area contributed by atoms with Crippen molar-refractivity contribution in [1.82, 2.24) is 9.55 Å². The van der Waals surface area contributed by atoms with E-state index in [0.29, 0.717) is 0 Å². The van der Waals surface area contributed by atoms with Crippen LogP contribution in [0.15, 0.2) is 4.79 Å². The first-order valence-electron chi connectivity index (χ1n) is 5.90. The average Bonchev–Trinajstić information content (AvgIpc) is 2.20. The van der Waals surface area contributed by atoms with Gasteiger partial charge in [-0.25, -0.2) is 4.79 Å². The summed E-state index contributed by atoms with van der Waals surface area (Å²) in [6.07, 6.45) is -5.97. The third kappa shape index (κ3) is 3.82. The van der Waals surface area contributed by atoms with Gasteiger partial charge in [-0.05, 0) is 20.8 Å². The molecule has 0 fully saturated rings. The minimum Gasteiger partial charge on any atom is -0.481 e. The third-order valence-electron chi connectivity index (χ3n) is 3.00. The Hall–Kier alpha value is -1.86. The molecule has 0 aliphatic carbocycles. The van der Waals surface area contributed by atoms with Crippen molar-refractivity contribution in [2.75, 3.05) is 0 Å². The quantitative estimate of drug-likeness (QED) is 0.921. The lowest BCUT2D eigenvalue weighted by molar-refractivity contribution is -0.142. The van der Waals surface area contributed by atoms with Crippen LogP contribution in [-0.4, -0.2) is 26.8 Å². The van der Waals surface area contributed by atoms with Gasteiger partial charge in [0.1, 0.15) is 0 Å². The van der Waals surface area contributed by atoms with Gasteiger partial charge < -0.3 is 5.11 Å². The van der Waals surface area contributed by atoms with E-state index in [9.17, 15) is 22.8 Å². The Bertz CT molecular complexity index is 579. The van der Waals surface area contributed by atoms with Crippen molar-refractivity contribution in [3.8, 4) is 0 Å². The van der Waals surface area contributed by atoms with Crippen molar-refractivity contribution in [1.29, 1.82) is 0 Å². The van der Waals surface area contributed by atoms with Gasteiger partial charge in [-0.15, -0.1) is 0 Å². The third-order valence-corrected chi connectivity index (χ3v) is 3.00. The van der Waals surface area contributed by atoms with Crippen LogP contribution in [0, 0.1) is 13.8 Å². The van der Waals surface area contributed by atoms with E-state index in [0.717, 1.165) is 4.57 Å². The number of carbonyl (C=O) groups is 1. The molecule has 0 aliphatic heterocycles. The van der Waals surface area contributed by atoms with E-state index in [1.165, 1.54) is 20.8 Å². The molecule has 0 bridgehead atoms. The number of aliphatic carboxylic acids is 1. The van der Waals surface area contributed by atoms with Crippen LogP contribution in [0.5, 0.6) is 0 Å². The second kappa shape index (κ2) is 5.64. The first kappa shape index (κ1) is 16.2. The van der Waals surface area contributed by atoms with Gasteiger partial charge in [-0.1, -0.05) is 0 Å². The van der Waals surface area contributed by atoms with Crippen LogP contribution in [0.4, 0.5) is 13.2 Å². The molecule has 1 unspecified atom stereocenters. The standard InChI is InChI=1S/C12H15F3N2O3/c1-6(5-12(13,14)15)17-8(3)9(4-10(18)19)7(2)16-11(17)20/h6H,4-5H2,1-3H3,(H,18,19). The highest BCUT2D eigenvalue weighted by molar-refractivity contribution is 5.70. The summed E-state index contributed by atoms with van der Waals surface area (Å²) in [4.78, 5) is 26.2. The maximum Gasteiger partial charge on any atom is 0.391 e. The second-order valence-electron chi connectivity index (χ2n) is 4.65. The molecule has 1 atom stereocenters. The summed E-state index contributed by atoms with van der Waals surface area (Å²) in [6.45, 7) is 4.15. The summed E-state index contributed by atoms with van der Waals surface area (Å²) in [5.41, 5.74) is -0.0935. The molecule has 1 aromatic heterocycles. The first-order chi connectivity index (χ1) is 9.03. The molecule has 0 amide bonds. The molecule has 5 nitrogen and oxygen atoms in total. The molecule has 0 aliphatic rings. The zero-order chi connectivity index (χ0) is 15.7. The van der Waals surface area contributed by atoms with E-state index in [1.807, 2.05) is 0 Å². The zero-order valence-electron chi connectivity index (χ0n) is 11.3. The van der Waals surface area contributed by atoms with Crippen LogP contribution in [0.2, 0.25) is 0 Å². The molecule has 8 heteroatoms. The number of aromatic nitrogens is 2. The number of carboxylic acid groups (broad SMARTS) is 1. The Morgan fingerprint density at radius 1 is 1.40 bits per heavy atom. The lowest BCUT2D eigenvalue weighted by Crippen LogP contribution is -2.32. The molecule has 1 aromatic rings. The maximum atomic E-state index is 12.4. The smallest absolute Gasteiger partial charge is 0.391 e. The van der Waals surface area contributed by atoms with Gasteiger partial charge >= 0.3 is 17.8 Å². The predicted octanol–water partition coefficient (Wildman–Crippen LogP) is 2.00. The first-order valence-corrected chi connectivity index (χ1v) is 5.90. The molecule has 20 heavy (non-hydrogen) atoms. The molecular formula is C12H15F3N2O3. The number of nitrogens with zero attached hydrogens (tertiary/aromatic N) is 2. The van der Waals surface area contributed by atoms with Crippen molar-refractivity contribution < 1.29 is 23.1 Å². The van der Waals surface area contributed by atoms with E-state index in [4.69, 9.17) is 5.11 Å². The Kier molecular flexibility index (Phi) is 4.57. The highest BCUT2D eigenvalue weighted by Crippen LogP contribution is 2.27. The lowest BCUT2D eigenvalue weighted by atomic mass is 10.1. The molecule has 0 radical (unpaired) electrons. The Balaban J connectivity index is 3.33. The monoisotopic (exact) mass is 292 g/mol. The maximum absolute atomic E-state index is 12.4. The van der Waals surface area contributed by atoms with E-state index in [-0.39, 0.29) is 23.4 Å². The minimum absolute atomic E-state index is 0.210. The topological polar surface area (TPSA) is 72.2 Å². The fraction of sp³-hybridized carbons (Fsp3) is 0.583. The predicted molar refractivity (Wildman–Crippen MR) is 64.7 cm³/mol. The summed E-state index contributed by atoms with van der Waals surface area (Å²) in [5, 5.41) is 8.81. The molecule has 112 valence electrons. The summed E-state index contributed by atoms with van der Waals surface area (Å²) in [7, 11) is 0. The fourth-order valence-corrected chi connectivity index (χ4v) is 2.17. The molecule has 0 aromatic carbocycles. The number of halogens is 3. The number of hydrogen-bond acceptors (Lipinski definition) is 3. The van der Waals surface area contributed by atoms with Crippen molar-refractivity contribution in [3.05, 3.63) is 27.4 Å². The van der Waals surface area contributed by atoms with E-state index >= 15 is 0 Å². The number of carboxylic acids is 1. The van der Waals surface area contributed by atoms with Crippen molar-refractivity contribution in [2.45, 2.75) is 45.8 Å². The van der Waals surface area contributed by atoms with Gasteiger partial charge in [0.25, 0.3) is 0 Å². The number of aryl methyl sites for hydroxylation is 1. The van der Waals surface area contributed by atoms with E-state index in [1.54, 1.807) is 0 Å². The van der Waals surface area contributed by atoms with E-state index in [2.05, 4.69) is 4.98 Å². The summed E-state index contributed by atoms with van der Waals surface area (Å²) in [6, 6.07) is -1.14. The zero-order valence-corrected chi connectivity index (χ0v) is 11.3. The Morgan fingerprint density at radius 3 is 2.40 bits per heavy atom. The van der Waals surface area contributed by atoms with Gasteiger partial charge in [-0.3, -0.25) is 9.36 Å². The number of hydrogen-bond donors (Lipinski definition) is 1. The van der Waals surface area contributed by atoms with Gasteiger partial charge in [0.15, 0.2) is 0 Å². The Labute approximate surface area is 113 Å². The summed E-state index contributed by atoms with van der Waals surface area (Å²) in [5.74, 6) is -1.13. The summed E-state index contributed by atoms with van der Waals surface area (Å²) >= 11 is 0. The Morgan fingerprint density at radius 2 is 1.95 bits per heavy atom. The molecule has 1 N–H and O–H groups in total. The summed E-state index contributed by atoms with van der Waals surface area (Å²) < 4.78 is 38.1. The van der Waals surface area contributed by atoms with Crippen molar-refractivity contribution >= 4 is 5.97 Å². The lowest BCUT2D eigenvalue weighted by Gasteiger charge is -2.21. The molecule has 0 saturated carbocycles. The van der Waals surface area contributed by atoms with Crippen LogP contribution < -0.4 is 5.69 Å². The van der Waals surface area contributed by atoms with Gasteiger partial charge in [0.2, 0.25) is 0 Å².